The average molecular weight is 483 g/mol. The smallest absolute Gasteiger partial charge is 0.338 e. The molecule has 2 N–H and O–H groups in total. The van der Waals surface area contributed by atoms with Crippen molar-refractivity contribution in [1.82, 2.24) is 15.5 Å². The fourth-order valence-corrected chi connectivity index (χ4v) is 4.72. The molecule has 0 radical (unpaired) electrons. The average Bonchev–Trinajstić information content (AvgIpc) is 2.85. The Balaban J connectivity index is 1.56. The molecule has 0 aliphatic carbocycles. The monoisotopic (exact) mass is 482 g/mol. The fourth-order valence-electron chi connectivity index (χ4n) is 4.47. The van der Waals surface area contributed by atoms with Gasteiger partial charge in [0.15, 0.2) is 0 Å². The number of esters is 1. The van der Waals surface area contributed by atoms with Crippen LogP contribution in [0.25, 0.3) is 0 Å². The second-order valence-corrected chi connectivity index (χ2v) is 8.86. The number of carbonyl (C=O) groups is 2. The van der Waals surface area contributed by atoms with E-state index in [0.717, 1.165) is 48.9 Å². The van der Waals surface area contributed by atoms with Crippen molar-refractivity contribution < 1.29 is 14.3 Å². The van der Waals surface area contributed by atoms with Crippen molar-refractivity contribution in [2.24, 2.45) is 0 Å². The van der Waals surface area contributed by atoms with E-state index in [-0.39, 0.29) is 12.6 Å². The van der Waals surface area contributed by atoms with Crippen LogP contribution in [0.2, 0.25) is 5.02 Å². The van der Waals surface area contributed by atoms with Crippen LogP contribution in [0.1, 0.15) is 31.0 Å². The number of halogens is 1. The SMILES string of the molecule is CCOC(=O)C1=C(CN2CCN(c3ccccc3Cl)CC2)NC(=O)N[C@H]1c1ccc(CC)cc1. The van der Waals surface area contributed by atoms with Crippen LogP contribution < -0.4 is 15.5 Å². The highest BCUT2D eigenvalue weighted by Crippen LogP contribution is 2.30. The molecule has 0 spiro atoms. The molecule has 2 amide bonds. The van der Waals surface area contributed by atoms with Crippen LogP contribution in [0.5, 0.6) is 0 Å². The predicted octanol–water partition coefficient (Wildman–Crippen LogP) is 3.90. The molecule has 180 valence electrons. The highest BCUT2D eigenvalue weighted by atomic mass is 35.5. The van der Waals surface area contributed by atoms with E-state index in [1.807, 2.05) is 48.5 Å². The van der Waals surface area contributed by atoms with E-state index >= 15 is 0 Å². The summed E-state index contributed by atoms with van der Waals surface area (Å²) < 4.78 is 5.39. The summed E-state index contributed by atoms with van der Waals surface area (Å²) in [7, 11) is 0. The van der Waals surface area contributed by atoms with E-state index in [4.69, 9.17) is 16.3 Å². The summed E-state index contributed by atoms with van der Waals surface area (Å²) in [4.78, 5) is 30.1. The first-order valence-electron chi connectivity index (χ1n) is 11.8. The fraction of sp³-hybridized carbons (Fsp3) is 0.385. The number of nitrogens with one attached hydrogen (secondary N) is 2. The van der Waals surface area contributed by atoms with Crippen LogP contribution in [0.4, 0.5) is 10.5 Å². The molecule has 0 bridgehead atoms. The lowest BCUT2D eigenvalue weighted by atomic mass is 9.94. The minimum Gasteiger partial charge on any atom is -0.463 e. The summed E-state index contributed by atoms with van der Waals surface area (Å²) in [6.07, 6.45) is 0.921. The molecule has 2 aliphatic heterocycles. The summed E-state index contributed by atoms with van der Waals surface area (Å²) >= 11 is 6.37. The van der Waals surface area contributed by atoms with Gasteiger partial charge in [0.1, 0.15) is 0 Å². The van der Waals surface area contributed by atoms with Gasteiger partial charge in [0.2, 0.25) is 0 Å². The van der Waals surface area contributed by atoms with Crippen LogP contribution in [0, 0.1) is 0 Å². The van der Waals surface area contributed by atoms with Gasteiger partial charge < -0.3 is 20.3 Å². The van der Waals surface area contributed by atoms with Gasteiger partial charge in [-0.05, 0) is 36.6 Å². The molecule has 1 fully saturated rings. The number of anilines is 1. The molecule has 1 atom stereocenters. The van der Waals surface area contributed by atoms with E-state index < -0.39 is 12.0 Å². The van der Waals surface area contributed by atoms with Gasteiger partial charge in [0.05, 0.1) is 28.9 Å². The van der Waals surface area contributed by atoms with Crippen LogP contribution in [0.15, 0.2) is 59.8 Å². The number of para-hydroxylation sites is 1. The molecule has 8 heteroatoms. The van der Waals surface area contributed by atoms with Gasteiger partial charge in [-0.25, -0.2) is 9.59 Å². The van der Waals surface area contributed by atoms with Crippen LogP contribution in [-0.2, 0) is 16.0 Å². The van der Waals surface area contributed by atoms with Crippen LogP contribution >= 0.6 is 11.6 Å². The molecule has 2 aliphatic rings. The highest BCUT2D eigenvalue weighted by Gasteiger charge is 2.34. The number of urea groups is 1. The Hall–Kier alpha value is -3.03. The van der Waals surface area contributed by atoms with Gasteiger partial charge >= 0.3 is 12.0 Å². The number of ether oxygens (including phenoxy) is 1. The topological polar surface area (TPSA) is 73.9 Å². The van der Waals surface area contributed by atoms with Crippen molar-refractivity contribution in [2.45, 2.75) is 26.3 Å². The number of hydrogen-bond acceptors (Lipinski definition) is 5. The van der Waals surface area contributed by atoms with Crippen LogP contribution in [-0.4, -0.2) is 56.2 Å². The second-order valence-electron chi connectivity index (χ2n) is 8.45. The van der Waals surface area contributed by atoms with E-state index in [1.54, 1.807) is 6.92 Å². The Labute approximate surface area is 205 Å². The van der Waals surface area contributed by atoms with Crippen molar-refractivity contribution in [3.05, 3.63) is 76.0 Å². The van der Waals surface area contributed by atoms with Crippen molar-refractivity contribution in [1.29, 1.82) is 0 Å². The Morgan fingerprint density at radius 1 is 1.06 bits per heavy atom. The molecular formula is C26H31ClN4O3. The Morgan fingerprint density at radius 3 is 2.41 bits per heavy atom. The molecule has 2 aromatic rings. The zero-order chi connectivity index (χ0) is 24.1. The first-order chi connectivity index (χ1) is 16.5. The molecule has 0 unspecified atom stereocenters. The van der Waals surface area contributed by atoms with E-state index in [1.165, 1.54) is 5.56 Å². The molecule has 2 aromatic carbocycles. The van der Waals surface area contributed by atoms with Gasteiger partial charge in [-0.2, -0.15) is 0 Å². The largest absolute Gasteiger partial charge is 0.463 e. The first kappa shape index (κ1) is 24.1. The van der Waals surface area contributed by atoms with Gasteiger partial charge in [0.25, 0.3) is 0 Å². The number of rotatable bonds is 7. The highest BCUT2D eigenvalue weighted by molar-refractivity contribution is 6.33. The third-order valence-corrected chi connectivity index (χ3v) is 6.64. The third kappa shape index (κ3) is 5.37. The standard InChI is InChI=1S/C26H31ClN4O3/c1-3-18-9-11-19(12-10-18)24-23(25(32)34-4-2)21(28-26(33)29-24)17-30-13-15-31(16-14-30)22-8-6-5-7-20(22)27/h5-12,24H,3-4,13-17H2,1-2H3,(H2,28,29,33)/t24-/m0/s1. The van der Waals surface area contributed by atoms with Crippen molar-refractivity contribution in [2.75, 3.05) is 44.2 Å². The van der Waals surface area contributed by atoms with Crippen molar-refractivity contribution in [3.63, 3.8) is 0 Å². The Bertz CT molecular complexity index is 1060. The maximum atomic E-state index is 13.0. The van der Waals surface area contributed by atoms with Crippen molar-refractivity contribution >= 4 is 29.3 Å². The lowest BCUT2D eigenvalue weighted by molar-refractivity contribution is -0.139. The Morgan fingerprint density at radius 2 is 1.76 bits per heavy atom. The second kappa shape index (κ2) is 10.9. The van der Waals surface area contributed by atoms with Gasteiger partial charge in [-0.1, -0.05) is 54.9 Å². The normalized spacial score (nSPS) is 19.0. The number of amides is 2. The maximum absolute atomic E-state index is 13.0. The van der Waals surface area contributed by atoms with E-state index in [9.17, 15) is 9.59 Å². The quantitative estimate of drug-likeness (QED) is 0.585. The van der Waals surface area contributed by atoms with Crippen LogP contribution in [0.3, 0.4) is 0 Å². The molecule has 0 saturated carbocycles. The zero-order valence-electron chi connectivity index (χ0n) is 19.6. The molecule has 34 heavy (non-hydrogen) atoms. The minimum absolute atomic E-state index is 0.265. The van der Waals surface area contributed by atoms with Crippen molar-refractivity contribution in [3.8, 4) is 0 Å². The van der Waals surface area contributed by atoms with Gasteiger partial charge in [0, 0.05) is 38.4 Å². The lowest BCUT2D eigenvalue weighted by Crippen LogP contribution is -2.51. The molecule has 4 rings (SSSR count). The van der Waals surface area contributed by atoms with E-state index in [2.05, 4.69) is 27.4 Å². The Kier molecular flexibility index (Phi) is 7.75. The number of piperazine rings is 1. The van der Waals surface area contributed by atoms with Gasteiger partial charge in [-0.3, -0.25) is 4.90 Å². The third-order valence-electron chi connectivity index (χ3n) is 6.32. The predicted molar refractivity (Wildman–Crippen MR) is 134 cm³/mol. The van der Waals surface area contributed by atoms with E-state index in [0.29, 0.717) is 17.8 Å². The summed E-state index contributed by atoms with van der Waals surface area (Å²) in [5.74, 6) is -0.413. The maximum Gasteiger partial charge on any atom is 0.338 e. The molecule has 2 heterocycles. The molecular weight excluding hydrogens is 452 g/mol. The number of carbonyl (C=O) groups excluding carboxylic acids is 2. The first-order valence-corrected chi connectivity index (χ1v) is 12.2. The summed E-state index contributed by atoms with van der Waals surface area (Å²) in [5, 5.41) is 6.53. The summed E-state index contributed by atoms with van der Waals surface area (Å²) in [6.45, 7) is 7.78. The van der Waals surface area contributed by atoms with Gasteiger partial charge in [-0.15, -0.1) is 0 Å². The molecule has 7 nitrogen and oxygen atoms in total. The number of nitrogens with zero attached hydrogens (tertiary/aromatic N) is 2. The lowest BCUT2D eigenvalue weighted by Gasteiger charge is -2.38. The number of hydrogen-bond donors (Lipinski definition) is 2. The zero-order valence-corrected chi connectivity index (χ0v) is 20.4. The molecule has 1 saturated heterocycles. The molecule has 0 aromatic heterocycles. The number of aryl methyl sites for hydroxylation is 1. The summed E-state index contributed by atoms with van der Waals surface area (Å²) in [5.41, 5.74) is 4.14. The minimum atomic E-state index is -0.557. The number of benzene rings is 2. The summed E-state index contributed by atoms with van der Waals surface area (Å²) in [6, 6.07) is 15.0.